The molecule has 0 spiro atoms. The Bertz CT molecular complexity index is 665. The van der Waals surface area contributed by atoms with Crippen molar-refractivity contribution in [3.05, 3.63) is 18.4 Å². The zero-order chi connectivity index (χ0) is 17.5. The van der Waals surface area contributed by atoms with E-state index < -0.39 is 0 Å². The second kappa shape index (κ2) is 9.05. The van der Waals surface area contributed by atoms with Gasteiger partial charge in [-0.1, -0.05) is 25.1 Å². The van der Waals surface area contributed by atoms with Crippen LogP contribution in [0.25, 0.3) is 11.6 Å². The summed E-state index contributed by atoms with van der Waals surface area (Å²) in [5.41, 5.74) is 0. The van der Waals surface area contributed by atoms with Crippen molar-refractivity contribution in [2.24, 2.45) is 0 Å². The van der Waals surface area contributed by atoms with Gasteiger partial charge in [0.2, 0.25) is 11.7 Å². The van der Waals surface area contributed by atoms with Gasteiger partial charge in [0.25, 0.3) is 0 Å². The van der Waals surface area contributed by atoms with E-state index in [-0.39, 0.29) is 12.0 Å². The second-order valence-electron chi connectivity index (χ2n) is 6.02. The van der Waals surface area contributed by atoms with E-state index in [1.165, 1.54) is 11.8 Å². The molecular formula is C17H24N4O3S. The third-order valence-electron chi connectivity index (χ3n) is 4.05. The number of furan rings is 1. The van der Waals surface area contributed by atoms with Crippen LogP contribution in [0, 0.1) is 0 Å². The minimum atomic E-state index is 0.0182. The molecule has 1 amide bonds. The molecule has 0 bridgehead atoms. The number of aromatic nitrogens is 3. The number of thioether (sulfide) groups is 1. The fourth-order valence-corrected chi connectivity index (χ4v) is 3.50. The number of hydrogen-bond acceptors (Lipinski definition) is 6. The van der Waals surface area contributed by atoms with Crippen molar-refractivity contribution >= 4 is 17.7 Å². The number of unbranched alkanes of at least 4 members (excludes halogenated alkanes) is 1. The smallest absolute Gasteiger partial charge is 0.230 e. The molecule has 0 saturated carbocycles. The first kappa shape index (κ1) is 18.0. The number of carbonyl (C=O) groups excluding carboxylic acids is 1. The predicted octanol–water partition coefficient (Wildman–Crippen LogP) is 2.73. The molecule has 1 fully saturated rings. The van der Waals surface area contributed by atoms with E-state index in [4.69, 9.17) is 9.15 Å². The standard InChI is InChI=1S/C17H24N4O3S/c1-2-3-8-18-15(22)12-25-17-20-19-16(14-7-5-10-24-14)21(17)11-13-6-4-9-23-13/h5,7,10,13H,2-4,6,8-9,11-12H2,1H3,(H,18,22)/t13-/m1/s1. The maximum atomic E-state index is 11.9. The molecule has 25 heavy (non-hydrogen) atoms. The van der Waals surface area contributed by atoms with E-state index in [1.54, 1.807) is 6.26 Å². The molecule has 2 aromatic rings. The van der Waals surface area contributed by atoms with Crippen LogP contribution in [-0.4, -0.2) is 45.7 Å². The molecule has 1 aliphatic heterocycles. The minimum absolute atomic E-state index is 0.0182. The van der Waals surface area contributed by atoms with Crippen molar-refractivity contribution in [1.82, 2.24) is 20.1 Å². The lowest BCUT2D eigenvalue weighted by atomic mass is 10.2. The fourth-order valence-electron chi connectivity index (χ4n) is 2.73. The predicted molar refractivity (Wildman–Crippen MR) is 95.3 cm³/mol. The Morgan fingerprint density at radius 2 is 2.40 bits per heavy atom. The van der Waals surface area contributed by atoms with Crippen LogP contribution in [0.3, 0.4) is 0 Å². The maximum absolute atomic E-state index is 11.9. The van der Waals surface area contributed by atoms with Gasteiger partial charge < -0.3 is 14.5 Å². The Balaban J connectivity index is 1.68. The molecule has 8 heteroatoms. The summed E-state index contributed by atoms with van der Waals surface area (Å²) >= 11 is 1.39. The third kappa shape index (κ3) is 4.85. The van der Waals surface area contributed by atoms with Crippen molar-refractivity contribution in [2.45, 2.75) is 50.4 Å². The number of amides is 1. The average Bonchev–Trinajstić information content (AvgIpc) is 3.36. The Kier molecular flexibility index (Phi) is 6.52. The first-order chi connectivity index (χ1) is 12.3. The zero-order valence-electron chi connectivity index (χ0n) is 14.4. The summed E-state index contributed by atoms with van der Waals surface area (Å²) in [6, 6.07) is 3.69. The van der Waals surface area contributed by atoms with Crippen molar-refractivity contribution < 1.29 is 13.9 Å². The molecule has 0 aliphatic carbocycles. The number of nitrogens with zero attached hydrogens (tertiary/aromatic N) is 3. The van der Waals surface area contributed by atoms with Crippen molar-refractivity contribution in [3.8, 4) is 11.6 Å². The van der Waals surface area contributed by atoms with Gasteiger partial charge >= 0.3 is 0 Å². The largest absolute Gasteiger partial charge is 0.461 e. The fraction of sp³-hybridized carbons (Fsp3) is 0.588. The van der Waals surface area contributed by atoms with Crippen LogP contribution in [0.15, 0.2) is 28.0 Å². The summed E-state index contributed by atoms with van der Waals surface area (Å²) in [6.07, 6.45) is 5.93. The summed E-state index contributed by atoms with van der Waals surface area (Å²) in [5, 5.41) is 12.2. The zero-order valence-corrected chi connectivity index (χ0v) is 15.3. The van der Waals surface area contributed by atoms with Gasteiger partial charge in [-0.15, -0.1) is 10.2 Å². The maximum Gasteiger partial charge on any atom is 0.230 e. The molecule has 1 atom stereocenters. The number of nitrogens with one attached hydrogen (secondary N) is 1. The average molecular weight is 364 g/mol. The molecule has 2 aromatic heterocycles. The van der Waals surface area contributed by atoms with Gasteiger partial charge in [0.1, 0.15) is 0 Å². The molecule has 0 aromatic carbocycles. The first-order valence-corrected chi connectivity index (χ1v) is 9.74. The van der Waals surface area contributed by atoms with Crippen molar-refractivity contribution in [2.75, 3.05) is 18.9 Å². The molecule has 136 valence electrons. The highest BCUT2D eigenvalue weighted by Crippen LogP contribution is 2.26. The van der Waals surface area contributed by atoms with Gasteiger partial charge in [-0.25, -0.2) is 0 Å². The number of hydrogen-bond donors (Lipinski definition) is 1. The quantitative estimate of drug-likeness (QED) is 0.544. The van der Waals surface area contributed by atoms with E-state index in [0.717, 1.165) is 38.8 Å². The minimum Gasteiger partial charge on any atom is -0.461 e. The van der Waals surface area contributed by atoms with Crippen molar-refractivity contribution in [1.29, 1.82) is 0 Å². The van der Waals surface area contributed by atoms with Crippen LogP contribution in [0.2, 0.25) is 0 Å². The lowest BCUT2D eigenvalue weighted by molar-refractivity contribution is -0.118. The summed E-state index contributed by atoms with van der Waals surface area (Å²) in [5.74, 6) is 1.69. The highest BCUT2D eigenvalue weighted by atomic mass is 32.2. The van der Waals surface area contributed by atoms with Crippen LogP contribution in [-0.2, 0) is 16.1 Å². The number of carbonyl (C=O) groups is 1. The lowest BCUT2D eigenvalue weighted by Crippen LogP contribution is -2.26. The van der Waals surface area contributed by atoms with E-state index in [9.17, 15) is 4.79 Å². The molecule has 3 heterocycles. The highest BCUT2D eigenvalue weighted by Gasteiger charge is 2.23. The van der Waals surface area contributed by atoms with E-state index in [0.29, 0.717) is 29.0 Å². The van der Waals surface area contributed by atoms with Gasteiger partial charge in [-0.05, 0) is 31.4 Å². The summed E-state index contributed by atoms with van der Waals surface area (Å²) in [6.45, 7) is 4.29. The Hall–Kier alpha value is -1.80. The van der Waals surface area contributed by atoms with Gasteiger partial charge in [-0.2, -0.15) is 0 Å². The number of ether oxygens (including phenoxy) is 1. The monoisotopic (exact) mass is 364 g/mol. The Morgan fingerprint density at radius 1 is 1.48 bits per heavy atom. The highest BCUT2D eigenvalue weighted by molar-refractivity contribution is 7.99. The third-order valence-corrected chi connectivity index (χ3v) is 5.02. The van der Waals surface area contributed by atoms with Crippen molar-refractivity contribution in [3.63, 3.8) is 0 Å². The van der Waals surface area contributed by atoms with E-state index >= 15 is 0 Å². The van der Waals surface area contributed by atoms with Crippen LogP contribution in [0.1, 0.15) is 32.6 Å². The topological polar surface area (TPSA) is 82.2 Å². The summed E-state index contributed by atoms with van der Waals surface area (Å²) < 4.78 is 13.2. The molecule has 1 N–H and O–H groups in total. The second-order valence-corrected chi connectivity index (χ2v) is 6.96. The lowest BCUT2D eigenvalue weighted by Gasteiger charge is -2.13. The first-order valence-electron chi connectivity index (χ1n) is 8.76. The van der Waals surface area contributed by atoms with Crippen LogP contribution >= 0.6 is 11.8 Å². The molecular weight excluding hydrogens is 340 g/mol. The summed E-state index contributed by atoms with van der Waals surface area (Å²) in [7, 11) is 0. The summed E-state index contributed by atoms with van der Waals surface area (Å²) in [4.78, 5) is 11.9. The molecule has 1 saturated heterocycles. The van der Waals surface area contributed by atoms with Gasteiger partial charge in [0.05, 0.1) is 24.7 Å². The van der Waals surface area contributed by atoms with Gasteiger partial charge in [-0.3, -0.25) is 9.36 Å². The Labute approximate surface area is 151 Å². The van der Waals surface area contributed by atoms with Gasteiger partial charge in [0, 0.05) is 13.2 Å². The Morgan fingerprint density at radius 3 is 3.12 bits per heavy atom. The molecule has 0 radical (unpaired) electrons. The van der Waals surface area contributed by atoms with E-state index in [1.807, 2.05) is 16.7 Å². The van der Waals surface area contributed by atoms with Crippen LogP contribution in [0.5, 0.6) is 0 Å². The van der Waals surface area contributed by atoms with E-state index in [2.05, 4.69) is 22.4 Å². The van der Waals surface area contributed by atoms with Crippen LogP contribution < -0.4 is 5.32 Å². The molecule has 3 rings (SSSR count). The van der Waals surface area contributed by atoms with Gasteiger partial charge in [0.15, 0.2) is 10.9 Å². The normalized spacial score (nSPS) is 17.1. The van der Waals surface area contributed by atoms with Crippen LogP contribution in [0.4, 0.5) is 0 Å². The molecule has 7 nitrogen and oxygen atoms in total. The molecule has 1 aliphatic rings. The number of rotatable bonds is 9. The SMILES string of the molecule is CCCCNC(=O)CSc1nnc(-c2ccco2)n1C[C@H]1CCCO1. The molecule has 0 unspecified atom stereocenters.